The summed E-state index contributed by atoms with van der Waals surface area (Å²) in [6.07, 6.45) is 0. The van der Waals surface area contributed by atoms with Crippen LogP contribution in [0.2, 0.25) is 0 Å². The first kappa shape index (κ1) is 30.7. The van der Waals surface area contributed by atoms with Crippen LogP contribution >= 0.6 is 0 Å². The number of aromatic nitrogens is 2. The maximum absolute atomic E-state index is 5.11. The predicted octanol–water partition coefficient (Wildman–Crippen LogP) is 12.8. The normalized spacial score (nSPS) is 12.7. The second-order valence-electron chi connectivity index (χ2n) is 13.9. The summed E-state index contributed by atoms with van der Waals surface area (Å²) in [7, 11) is 0. The molecule has 1 aliphatic carbocycles. The molecular formula is C49H36N2. The molecule has 0 atom stereocenters. The van der Waals surface area contributed by atoms with Crippen LogP contribution in [0, 0.1) is 0 Å². The molecule has 9 rings (SSSR count). The Morgan fingerprint density at radius 3 is 1.35 bits per heavy atom. The molecule has 0 unspecified atom stereocenters. The zero-order chi connectivity index (χ0) is 34.4. The van der Waals surface area contributed by atoms with Gasteiger partial charge in [-0.25, -0.2) is 9.97 Å². The zero-order valence-electron chi connectivity index (χ0n) is 28.7. The fourth-order valence-electron chi connectivity index (χ4n) is 7.55. The molecule has 1 aliphatic rings. The van der Waals surface area contributed by atoms with E-state index in [9.17, 15) is 0 Å². The Kier molecular flexibility index (Phi) is 7.51. The molecular weight excluding hydrogens is 617 g/mol. The number of rotatable bonds is 6. The molecule has 0 amide bonds. The third-order valence-corrected chi connectivity index (χ3v) is 10.3. The van der Waals surface area contributed by atoms with E-state index in [1.165, 1.54) is 44.5 Å². The molecule has 1 heterocycles. The second kappa shape index (κ2) is 12.5. The van der Waals surface area contributed by atoms with Gasteiger partial charge in [-0.3, -0.25) is 0 Å². The predicted molar refractivity (Wildman–Crippen MR) is 212 cm³/mol. The van der Waals surface area contributed by atoms with E-state index in [2.05, 4.69) is 172 Å². The quantitative estimate of drug-likeness (QED) is 0.179. The monoisotopic (exact) mass is 652 g/mol. The Balaban J connectivity index is 1.06. The average molecular weight is 653 g/mol. The molecule has 0 N–H and O–H groups in total. The SMILES string of the molecule is CC1(C)c2ccccc2-c2ccc(-c3ccc(-c4cccc(-c5cc(-c6cccc(-c7ccccc7)c6)nc(-c6ccccc6)n5)c4)cc3)cc21. The van der Waals surface area contributed by atoms with Gasteiger partial charge in [-0.15, -0.1) is 0 Å². The first-order chi connectivity index (χ1) is 25.0. The number of nitrogens with zero attached hydrogens (tertiary/aromatic N) is 2. The van der Waals surface area contributed by atoms with Crippen molar-refractivity contribution in [2.75, 3.05) is 0 Å². The minimum atomic E-state index is -0.0196. The van der Waals surface area contributed by atoms with Crippen molar-refractivity contribution < 1.29 is 0 Å². The highest BCUT2D eigenvalue weighted by atomic mass is 14.9. The Morgan fingerprint density at radius 2 is 0.745 bits per heavy atom. The molecule has 0 radical (unpaired) electrons. The number of fused-ring (bicyclic) bond motifs is 3. The van der Waals surface area contributed by atoms with Gasteiger partial charge in [0, 0.05) is 22.1 Å². The smallest absolute Gasteiger partial charge is 0.160 e. The van der Waals surface area contributed by atoms with Crippen molar-refractivity contribution in [3.63, 3.8) is 0 Å². The lowest BCUT2D eigenvalue weighted by atomic mass is 9.81. The van der Waals surface area contributed by atoms with Gasteiger partial charge in [-0.05, 0) is 79.9 Å². The fourth-order valence-corrected chi connectivity index (χ4v) is 7.55. The summed E-state index contributed by atoms with van der Waals surface area (Å²) >= 11 is 0. The molecule has 0 spiro atoms. The van der Waals surface area contributed by atoms with Gasteiger partial charge in [0.1, 0.15) is 0 Å². The van der Waals surface area contributed by atoms with Crippen LogP contribution < -0.4 is 0 Å². The van der Waals surface area contributed by atoms with Gasteiger partial charge in [0.05, 0.1) is 11.4 Å². The largest absolute Gasteiger partial charge is 0.228 e. The first-order valence-corrected chi connectivity index (χ1v) is 17.6. The molecule has 242 valence electrons. The molecule has 1 aromatic heterocycles. The highest BCUT2D eigenvalue weighted by Crippen LogP contribution is 2.49. The van der Waals surface area contributed by atoms with Gasteiger partial charge in [0.25, 0.3) is 0 Å². The first-order valence-electron chi connectivity index (χ1n) is 17.6. The molecule has 0 saturated carbocycles. The highest BCUT2D eigenvalue weighted by Gasteiger charge is 2.35. The minimum absolute atomic E-state index is 0.0196. The lowest BCUT2D eigenvalue weighted by molar-refractivity contribution is 0.660. The van der Waals surface area contributed by atoms with Crippen LogP contribution in [-0.4, -0.2) is 9.97 Å². The lowest BCUT2D eigenvalue weighted by Gasteiger charge is -2.22. The summed E-state index contributed by atoms with van der Waals surface area (Å²) in [5.41, 5.74) is 17.5. The topological polar surface area (TPSA) is 25.8 Å². The minimum Gasteiger partial charge on any atom is -0.228 e. The van der Waals surface area contributed by atoms with Crippen LogP contribution in [0.4, 0.5) is 0 Å². The highest BCUT2D eigenvalue weighted by molar-refractivity contribution is 5.84. The Hall–Kier alpha value is -6.38. The summed E-state index contributed by atoms with van der Waals surface area (Å²) in [5.74, 6) is 0.712. The van der Waals surface area contributed by atoms with Crippen LogP contribution in [-0.2, 0) is 5.41 Å². The third-order valence-electron chi connectivity index (χ3n) is 10.3. The maximum Gasteiger partial charge on any atom is 0.160 e. The van der Waals surface area contributed by atoms with Gasteiger partial charge in [-0.1, -0.05) is 172 Å². The van der Waals surface area contributed by atoms with E-state index in [4.69, 9.17) is 9.97 Å². The molecule has 0 aliphatic heterocycles. The summed E-state index contributed by atoms with van der Waals surface area (Å²) in [6, 6.07) is 64.8. The van der Waals surface area contributed by atoms with Crippen molar-refractivity contribution in [3.05, 3.63) is 193 Å². The van der Waals surface area contributed by atoms with E-state index in [0.29, 0.717) is 5.82 Å². The molecule has 2 nitrogen and oxygen atoms in total. The van der Waals surface area contributed by atoms with E-state index in [1.807, 2.05) is 24.3 Å². The number of benzene rings is 7. The lowest BCUT2D eigenvalue weighted by Crippen LogP contribution is -2.14. The molecule has 8 aromatic rings. The van der Waals surface area contributed by atoms with Gasteiger partial charge < -0.3 is 0 Å². The molecule has 0 fully saturated rings. The van der Waals surface area contributed by atoms with Crippen LogP contribution in [0.5, 0.6) is 0 Å². The van der Waals surface area contributed by atoms with Gasteiger partial charge in [-0.2, -0.15) is 0 Å². The van der Waals surface area contributed by atoms with E-state index < -0.39 is 0 Å². The fraction of sp³-hybridized carbons (Fsp3) is 0.0612. The van der Waals surface area contributed by atoms with Crippen molar-refractivity contribution in [1.82, 2.24) is 9.97 Å². The van der Waals surface area contributed by atoms with Gasteiger partial charge in [0.2, 0.25) is 0 Å². The van der Waals surface area contributed by atoms with Crippen molar-refractivity contribution in [3.8, 4) is 78.4 Å². The van der Waals surface area contributed by atoms with Crippen LogP contribution in [0.3, 0.4) is 0 Å². The zero-order valence-corrected chi connectivity index (χ0v) is 28.7. The standard InChI is InChI=1S/C49H36N2/c1-49(2)44-22-10-9-21-42(44)43-28-27-39(31-45(43)49)35-25-23-34(24-26-35)38-18-12-20-41(30-38)47-32-46(50-48(51-47)36-15-7-4-8-16-36)40-19-11-17-37(29-40)33-13-5-3-6-14-33/h3-32H,1-2H3. The van der Waals surface area contributed by atoms with Crippen LogP contribution in [0.1, 0.15) is 25.0 Å². The van der Waals surface area contributed by atoms with E-state index in [0.717, 1.165) is 39.2 Å². The Morgan fingerprint density at radius 1 is 0.314 bits per heavy atom. The van der Waals surface area contributed by atoms with Crippen molar-refractivity contribution >= 4 is 0 Å². The Bertz CT molecular complexity index is 2530. The van der Waals surface area contributed by atoms with Gasteiger partial charge >= 0.3 is 0 Å². The Labute approximate surface area is 299 Å². The van der Waals surface area contributed by atoms with E-state index in [1.54, 1.807) is 0 Å². The number of hydrogen-bond donors (Lipinski definition) is 0. The maximum atomic E-state index is 5.11. The molecule has 51 heavy (non-hydrogen) atoms. The molecule has 0 bridgehead atoms. The third kappa shape index (κ3) is 5.65. The van der Waals surface area contributed by atoms with E-state index >= 15 is 0 Å². The molecule has 0 saturated heterocycles. The van der Waals surface area contributed by atoms with Crippen LogP contribution in [0.25, 0.3) is 78.4 Å². The second-order valence-corrected chi connectivity index (χ2v) is 13.9. The summed E-state index contributed by atoms with van der Waals surface area (Å²) in [6.45, 7) is 4.67. The van der Waals surface area contributed by atoms with Crippen molar-refractivity contribution in [2.45, 2.75) is 19.3 Å². The van der Waals surface area contributed by atoms with E-state index in [-0.39, 0.29) is 5.41 Å². The van der Waals surface area contributed by atoms with Crippen LogP contribution in [0.15, 0.2) is 182 Å². The average Bonchev–Trinajstić information content (AvgIpc) is 3.44. The van der Waals surface area contributed by atoms with Crippen molar-refractivity contribution in [2.24, 2.45) is 0 Å². The molecule has 2 heteroatoms. The number of hydrogen-bond acceptors (Lipinski definition) is 2. The van der Waals surface area contributed by atoms with Crippen molar-refractivity contribution in [1.29, 1.82) is 0 Å². The summed E-state index contributed by atoms with van der Waals surface area (Å²) in [5, 5.41) is 0. The van der Waals surface area contributed by atoms with Gasteiger partial charge in [0.15, 0.2) is 5.82 Å². The summed E-state index contributed by atoms with van der Waals surface area (Å²) < 4.78 is 0. The summed E-state index contributed by atoms with van der Waals surface area (Å²) in [4.78, 5) is 10.2. The molecule has 7 aromatic carbocycles.